The predicted molar refractivity (Wildman–Crippen MR) is 108 cm³/mol. The van der Waals surface area contributed by atoms with Gasteiger partial charge in [-0.2, -0.15) is 0 Å². The molecule has 2 aromatic carbocycles. The van der Waals surface area contributed by atoms with Gasteiger partial charge in [0.15, 0.2) is 5.82 Å². The zero-order valence-corrected chi connectivity index (χ0v) is 16.9. The van der Waals surface area contributed by atoms with E-state index in [-0.39, 0.29) is 12.5 Å². The van der Waals surface area contributed by atoms with Crippen LogP contribution >= 0.6 is 11.8 Å². The third kappa shape index (κ3) is 4.14. The van der Waals surface area contributed by atoms with Gasteiger partial charge >= 0.3 is 0 Å². The second kappa shape index (κ2) is 8.44. The number of fused-ring (bicyclic) bond motifs is 1. The SMILES string of the molecule is COc1ccc(CN2C(=O)CSc3nnc(COc4ccc(OC)cc4)n32)cc1. The molecule has 1 aliphatic heterocycles. The molecule has 0 spiro atoms. The Hall–Kier alpha value is -3.20. The highest BCUT2D eigenvalue weighted by molar-refractivity contribution is 7.99. The maximum absolute atomic E-state index is 12.6. The van der Waals surface area contributed by atoms with Gasteiger partial charge in [-0.25, -0.2) is 9.69 Å². The molecule has 0 saturated heterocycles. The summed E-state index contributed by atoms with van der Waals surface area (Å²) in [6.45, 7) is 0.593. The Labute approximate surface area is 172 Å². The molecule has 29 heavy (non-hydrogen) atoms. The second-order valence-electron chi connectivity index (χ2n) is 6.26. The summed E-state index contributed by atoms with van der Waals surface area (Å²) in [7, 11) is 3.24. The van der Waals surface area contributed by atoms with Crippen molar-refractivity contribution in [2.45, 2.75) is 18.3 Å². The number of hydrogen-bond acceptors (Lipinski definition) is 7. The molecule has 8 nitrogen and oxygen atoms in total. The molecule has 1 amide bonds. The van der Waals surface area contributed by atoms with Gasteiger partial charge in [0.2, 0.25) is 5.16 Å². The van der Waals surface area contributed by atoms with Crippen molar-refractivity contribution in [3.05, 3.63) is 59.9 Å². The highest BCUT2D eigenvalue weighted by atomic mass is 32.2. The molecular formula is C20H20N4O4S. The van der Waals surface area contributed by atoms with Crippen molar-refractivity contribution in [2.75, 3.05) is 25.0 Å². The van der Waals surface area contributed by atoms with Gasteiger partial charge in [-0.15, -0.1) is 10.2 Å². The van der Waals surface area contributed by atoms with E-state index >= 15 is 0 Å². The van der Waals surface area contributed by atoms with Crippen molar-refractivity contribution >= 4 is 17.7 Å². The van der Waals surface area contributed by atoms with Crippen molar-refractivity contribution in [3.8, 4) is 17.2 Å². The van der Waals surface area contributed by atoms with Gasteiger partial charge in [0, 0.05) is 0 Å². The van der Waals surface area contributed by atoms with Gasteiger partial charge in [-0.1, -0.05) is 23.9 Å². The highest BCUT2D eigenvalue weighted by Crippen LogP contribution is 2.26. The van der Waals surface area contributed by atoms with E-state index in [0.717, 1.165) is 17.1 Å². The maximum atomic E-state index is 12.6. The monoisotopic (exact) mass is 412 g/mol. The fourth-order valence-corrected chi connectivity index (χ4v) is 3.74. The van der Waals surface area contributed by atoms with Crippen molar-refractivity contribution in [1.82, 2.24) is 14.9 Å². The van der Waals surface area contributed by atoms with Crippen LogP contribution in [-0.4, -0.2) is 40.8 Å². The molecule has 2 heterocycles. The average molecular weight is 412 g/mol. The lowest BCUT2D eigenvalue weighted by Crippen LogP contribution is -2.45. The Morgan fingerprint density at radius 3 is 2.21 bits per heavy atom. The number of methoxy groups -OCH3 is 2. The van der Waals surface area contributed by atoms with Gasteiger partial charge in [-0.05, 0) is 42.0 Å². The largest absolute Gasteiger partial charge is 0.497 e. The summed E-state index contributed by atoms with van der Waals surface area (Å²) in [6.07, 6.45) is 0. The van der Waals surface area contributed by atoms with Crippen molar-refractivity contribution in [2.24, 2.45) is 0 Å². The maximum Gasteiger partial charge on any atom is 0.252 e. The summed E-state index contributed by atoms with van der Waals surface area (Å²) < 4.78 is 17.9. The van der Waals surface area contributed by atoms with E-state index in [1.807, 2.05) is 48.5 Å². The first-order valence-corrected chi connectivity index (χ1v) is 9.94. The number of thioether (sulfide) groups is 1. The minimum atomic E-state index is -0.0104. The van der Waals surface area contributed by atoms with Crippen LogP contribution in [0.1, 0.15) is 11.4 Å². The van der Waals surface area contributed by atoms with Crippen LogP contribution in [0.4, 0.5) is 0 Å². The summed E-state index contributed by atoms with van der Waals surface area (Å²) >= 11 is 1.37. The topological polar surface area (TPSA) is 78.7 Å². The number of carbonyl (C=O) groups is 1. The van der Waals surface area contributed by atoms with Crippen LogP contribution in [0.15, 0.2) is 53.7 Å². The van der Waals surface area contributed by atoms with Gasteiger partial charge in [0.05, 0.1) is 26.5 Å². The third-order valence-corrected chi connectivity index (χ3v) is 5.35. The lowest BCUT2D eigenvalue weighted by molar-refractivity contribution is -0.118. The Balaban J connectivity index is 1.53. The van der Waals surface area contributed by atoms with Crippen molar-refractivity contribution in [3.63, 3.8) is 0 Å². The molecule has 1 aliphatic rings. The number of benzene rings is 2. The minimum Gasteiger partial charge on any atom is -0.497 e. The van der Waals surface area contributed by atoms with Crippen LogP contribution in [0.3, 0.4) is 0 Å². The summed E-state index contributed by atoms with van der Waals surface area (Å²) in [5.41, 5.74) is 0.979. The normalized spacial score (nSPS) is 13.2. The van der Waals surface area contributed by atoms with Crippen LogP contribution in [-0.2, 0) is 17.9 Å². The second-order valence-corrected chi connectivity index (χ2v) is 7.21. The zero-order valence-electron chi connectivity index (χ0n) is 16.1. The number of carbonyl (C=O) groups excluding carboxylic acids is 1. The molecule has 3 aromatic rings. The number of hydrogen-bond donors (Lipinski definition) is 0. The first-order valence-electron chi connectivity index (χ1n) is 8.95. The first-order chi connectivity index (χ1) is 14.2. The molecule has 0 saturated carbocycles. The fraction of sp³-hybridized carbons (Fsp3) is 0.250. The summed E-state index contributed by atoms with van der Waals surface area (Å²) in [5.74, 6) is 3.08. The molecule has 1 aromatic heterocycles. The Morgan fingerprint density at radius 1 is 0.931 bits per heavy atom. The molecule has 0 unspecified atom stereocenters. The van der Waals surface area contributed by atoms with E-state index in [0.29, 0.717) is 29.0 Å². The van der Waals surface area contributed by atoms with Crippen LogP contribution in [0, 0.1) is 0 Å². The Bertz CT molecular complexity index is 989. The first kappa shape index (κ1) is 19.1. The standard InChI is InChI=1S/C20H20N4O4S/c1-26-15-5-3-14(4-6-15)11-23-19(25)13-29-20-22-21-18(24(20)23)12-28-17-9-7-16(27-2)8-10-17/h3-10H,11-13H2,1-2H3. The van der Waals surface area contributed by atoms with Crippen LogP contribution in [0.25, 0.3) is 0 Å². The Morgan fingerprint density at radius 2 is 1.55 bits per heavy atom. The van der Waals surface area contributed by atoms with E-state index in [9.17, 15) is 4.79 Å². The van der Waals surface area contributed by atoms with Crippen LogP contribution in [0.2, 0.25) is 0 Å². The molecule has 9 heteroatoms. The molecule has 0 N–H and O–H groups in total. The molecule has 0 fully saturated rings. The molecule has 0 atom stereocenters. The van der Waals surface area contributed by atoms with Crippen molar-refractivity contribution < 1.29 is 19.0 Å². The fourth-order valence-electron chi connectivity index (χ4n) is 2.91. The smallest absolute Gasteiger partial charge is 0.252 e. The van der Waals surface area contributed by atoms with E-state index in [4.69, 9.17) is 14.2 Å². The number of amides is 1. The summed E-state index contributed by atoms with van der Waals surface area (Å²) in [5, 5.41) is 10.8. The van der Waals surface area contributed by atoms with Gasteiger partial charge in [0.1, 0.15) is 23.9 Å². The highest BCUT2D eigenvalue weighted by Gasteiger charge is 2.29. The van der Waals surface area contributed by atoms with E-state index in [2.05, 4.69) is 10.2 Å². The van der Waals surface area contributed by atoms with Crippen molar-refractivity contribution in [1.29, 1.82) is 0 Å². The quantitative estimate of drug-likeness (QED) is 0.590. The number of rotatable bonds is 7. The minimum absolute atomic E-state index is 0.0104. The van der Waals surface area contributed by atoms with E-state index in [1.165, 1.54) is 11.8 Å². The molecule has 0 radical (unpaired) electrons. The summed E-state index contributed by atoms with van der Waals surface area (Å²) in [4.78, 5) is 12.6. The van der Waals surface area contributed by atoms with Gasteiger partial charge in [0.25, 0.3) is 5.91 Å². The van der Waals surface area contributed by atoms with E-state index < -0.39 is 0 Å². The molecular weight excluding hydrogens is 392 g/mol. The van der Waals surface area contributed by atoms with Gasteiger partial charge in [-0.3, -0.25) is 4.79 Å². The van der Waals surface area contributed by atoms with Crippen LogP contribution in [0.5, 0.6) is 17.2 Å². The zero-order chi connectivity index (χ0) is 20.2. The lowest BCUT2D eigenvalue weighted by Gasteiger charge is -2.29. The Kier molecular flexibility index (Phi) is 5.57. The van der Waals surface area contributed by atoms with Crippen LogP contribution < -0.4 is 19.2 Å². The lowest BCUT2D eigenvalue weighted by atomic mass is 10.2. The molecule has 4 rings (SSSR count). The predicted octanol–water partition coefficient (Wildman–Crippen LogP) is 2.64. The number of ether oxygens (including phenoxy) is 3. The number of aromatic nitrogens is 3. The van der Waals surface area contributed by atoms with Gasteiger partial charge < -0.3 is 14.2 Å². The number of nitrogens with zero attached hydrogens (tertiary/aromatic N) is 4. The molecule has 150 valence electrons. The third-order valence-electron chi connectivity index (χ3n) is 4.45. The molecule has 0 aliphatic carbocycles. The molecule has 0 bridgehead atoms. The van der Waals surface area contributed by atoms with E-state index in [1.54, 1.807) is 23.9 Å². The summed E-state index contributed by atoms with van der Waals surface area (Å²) in [6, 6.07) is 14.9. The average Bonchev–Trinajstić information content (AvgIpc) is 3.18.